The lowest BCUT2D eigenvalue weighted by Crippen LogP contribution is -2.47. The lowest BCUT2D eigenvalue weighted by atomic mass is 9.80. The fourth-order valence-electron chi connectivity index (χ4n) is 12.1. The summed E-state index contributed by atoms with van der Waals surface area (Å²) in [5.41, 5.74) is 6.16. The number of piperidine rings is 4. The number of likely N-dealkylation sites (tertiary alicyclic amines) is 1. The zero-order chi connectivity index (χ0) is 68.9. The van der Waals surface area contributed by atoms with E-state index < -0.39 is 37.1 Å². The Morgan fingerprint density at radius 3 is 1.27 bits per heavy atom. The zero-order valence-corrected chi connectivity index (χ0v) is 60.9. The Labute approximate surface area is 579 Å². The number of nitrogens with zero attached hydrogens (tertiary/aromatic N) is 7. The third-order valence-electron chi connectivity index (χ3n) is 17.0. The number of oxime groups is 1. The van der Waals surface area contributed by atoms with E-state index in [-0.39, 0.29) is 13.0 Å². The highest BCUT2D eigenvalue weighted by Gasteiger charge is 2.30. The van der Waals surface area contributed by atoms with Gasteiger partial charge in [-0.1, -0.05) is 149 Å². The van der Waals surface area contributed by atoms with Crippen LogP contribution in [0.2, 0.25) is 13.6 Å². The quantitative estimate of drug-likeness (QED) is 0.0140. The van der Waals surface area contributed by atoms with E-state index in [0.717, 1.165) is 134 Å². The first-order chi connectivity index (χ1) is 45.6. The summed E-state index contributed by atoms with van der Waals surface area (Å²) in [5.74, 6) is 1.64. The zero-order valence-electron chi connectivity index (χ0n) is 56.9. The Bertz CT molecular complexity index is 3360. The predicted molar refractivity (Wildman–Crippen MR) is 402 cm³/mol. The van der Waals surface area contributed by atoms with Gasteiger partial charge in [0.2, 0.25) is 30.1 Å². The van der Waals surface area contributed by atoms with Gasteiger partial charge >= 0.3 is 14.1 Å². The molecule has 95 heavy (non-hydrogen) atoms. The summed E-state index contributed by atoms with van der Waals surface area (Å²) in [7, 11) is -10.6. The SMILES string of the molecule is BrCCc1ccccc1.C/C=N/O.CB(O)N1CCC[C@H](CN(c2ccccc2)S(C)(=O)=O)C1.CB(O)N1CCC[C@H](CNc2ccccc2)C1.CS(=O)(=O)N(C[C@H]1CCCN(CCc2ccccc2)C1)c1ccccc1.CS(=O)(=O)N(C[C@H]1CCCNC1)c1ccccc1. The number of anilines is 4. The molecule has 6 aromatic carbocycles. The molecule has 4 aliphatic rings. The number of aryl methyl sites for hydroxylation is 1. The van der Waals surface area contributed by atoms with Crippen LogP contribution in [0.5, 0.6) is 0 Å². The van der Waals surface area contributed by atoms with Crippen molar-refractivity contribution in [1.29, 1.82) is 0 Å². The largest absolute Gasteiger partial charge is 0.437 e. The minimum atomic E-state index is -3.30. The molecule has 24 heteroatoms. The van der Waals surface area contributed by atoms with Gasteiger partial charge < -0.3 is 40.4 Å². The van der Waals surface area contributed by atoms with Crippen molar-refractivity contribution in [2.45, 2.75) is 84.8 Å². The fourth-order valence-corrected chi connectivity index (χ4v) is 15.5. The summed E-state index contributed by atoms with van der Waals surface area (Å²) in [6.07, 6.45) is 16.1. The molecule has 18 nitrogen and oxygen atoms in total. The van der Waals surface area contributed by atoms with Crippen molar-refractivity contribution in [3.8, 4) is 0 Å². The number of halogens is 1. The molecule has 5 N–H and O–H groups in total. The summed E-state index contributed by atoms with van der Waals surface area (Å²) in [6.45, 7) is 16.5. The Morgan fingerprint density at radius 1 is 0.526 bits per heavy atom. The summed E-state index contributed by atoms with van der Waals surface area (Å²) < 4.78 is 77.2. The van der Waals surface area contributed by atoms with Crippen LogP contribution in [0.1, 0.15) is 69.4 Å². The highest BCUT2D eigenvalue weighted by Crippen LogP contribution is 2.27. The van der Waals surface area contributed by atoms with Crippen LogP contribution in [0.4, 0.5) is 22.7 Å². The van der Waals surface area contributed by atoms with Crippen molar-refractivity contribution in [3.05, 3.63) is 193 Å². The van der Waals surface area contributed by atoms with Crippen LogP contribution in [0.3, 0.4) is 0 Å². The summed E-state index contributed by atoms with van der Waals surface area (Å²) in [5, 5.41) is 37.2. The molecular weight excluding hydrogens is 1320 g/mol. The van der Waals surface area contributed by atoms with Crippen molar-refractivity contribution < 1.29 is 40.5 Å². The third kappa shape index (κ3) is 31.5. The minimum absolute atomic E-state index is 0.239. The number of nitrogens with one attached hydrogen (secondary N) is 2. The Kier molecular flexibility index (Phi) is 36.6. The molecule has 0 aromatic heterocycles. The van der Waals surface area contributed by atoms with E-state index >= 15 is 0 Å². The molecule has 6 aromatic rings. The van der Waals surface area contributed by atoms with Crippen LogP contribution in [-0.2, 0) is 42.9 Å². The lowest BCUT2D eigenvalue weighted by Gasteiger charge is -2.36. The van der Waals surface area contributed by atoms with Crippen LogP contribution in [0, 0.1) is 23.7 Å². The van der Waals surface area contributed by atoms with E-state index in [1.165, 1.54) is 63.2 Å². The van der Waals surface area contributed by atoms with Crippen LogP contribution in [0.15, 0.2) is 187 Å². The number of alkyl halides is 1. The van der Waals surface area contributed by atoms with E-state index in [1.54, 1.807) is 18.1 Å². The second-order valence-corrected chi connectivity index (χ2v) is 31.5. The number of benzene rings is 6. The van der Waals surface area contributed by atoms with Gasteiger partial charge in [-0.15, -0.1) is 5.16 Å². The average Bonchev–Trinajstić information content (AvgIpc) is 1.17. The van der Waals surface area contributed by atoms with Crippen molar-refractivity contribution in [2.24, 2.45) is 28.8 Å². The van der Waals surface area contributed by atoms with Gasteiger partial charge in [0.15, 0.2) is 0 Å². The van der Waals surface area contributed by atoms with Gasteiger partial charge in [-0.2, -0.15) is 0 Å². The van der Waals surface area contributed by atoms with E-state index in [4.69, 9.17) is 5.21 Å². The molecular formula is C71H106B2BrN9O9S3. The maximum Gasteiger partial charge on any atom is 0.376 e. The first-order valence-electron chi connectivity index (χ1n) is 33.5. The summed E-state index contributed by atoms with van der Waals surface area (Å²) >= 11 is 3.39. The van der Waals surface area contributed by atoms with E-state index in [9.17, 15) is 35.3 Å². The van der Waals surface area contributed by atoms with E-state index in [0.29, 0.717) is 43.1 Å². The molecule has 4 aliphatic heterocycles. The smallest absolute Gasteiger partial charge is 0.376 e. The monoisotopic (exact) mass is 1430 g/mol. The Hall–Kier alpha value is -5.79. The molecule has 4 atom stereocenters. The van der Waals surface area contributed by atoms with Gasteiger partial charge in [-0.05, 0) is 214 Å². The second-order valence-electron chi connectivity index (χ2n) is 25.0. The summed E-state index contributed by atoms with van der Waals surface area (Å²) in [6, 6.07) is 59.3. The molecule has 0 radical (unpaired) electrons. The molecule has 0 bridgehead atoms. The van der Waals surface area contributed by atoms with E-state index in [2.05, 4.69) is 102 Å². The molecule has 4 fully saturated rings. The number of hydrogen-bond donors (Lipinski definition) is 5. The molecule has 0 amide bonds. The Balaban J connectivity index is 0.000000218. The molecule has 0 spiro atoms. The molecule has 4 saturated heterocycles. The maximum atomic E-state index is 12.3. The van der Waals surface area contributed by atoms with Crippen molar-refractivity contribution in [2.75, 3.05) is 127 Å². The highest BCUT2D eigenvalue weighted by molar-refractivity contribution is 9.09. The number of para-hydroxylation sites is 4. The minimum Gasteiger partial charge on any atom is -0.437 e. The normalized spacial score (nSPS) is 18.5. The molecule has 0 saturated carbocycles. The van der Waals surface area contributed by atoms with Crippen LogP contribution >= 0.6 is 15.9 Å². The van der Waals surface area contributed by atoms with E-state index in [1.807, 2.05) is 133 Å². The first kappa shape index (κ1) is 79.9. The second kappa shape index (κ2) is 43.5. The topological polar surface area (TPSA) is 219 Å². The lowest BCUT2D eigenvalue weighted by molar-refractivity contribution is 0.180. The van der Waals surface area contributed by atoms with Gasteiger partial charge in [0.1, 0.15) is 0 Å². The highest BCUT2D eigenvalue weighted by atomic mass is 79.9. The number of hydrogen-bond acceptors (Lipinski definition) is 15. The van der Waals surface area contributed by atoms with Crippen molar-refractivity contribution >= 4 is 89.1 Å². The first-order valence-corrected chi connectivity index (χ1v) is 40.1. The van der Waals surface area contributed by atoms with Gasteiger partial charge in [-0.3, -0.25) is 12.9 Å². The van der Waals surface area contributed by atoms with Gasteiger partial charge in [0.25, 0.3) is 0 Å². The molecule has 4 heterocycles. The number of sulfonamides is 3. The fraction of sp³-hybridized carbons (Fsp3) is 0.479. The molecule has 10 rings (SSSR count). The molecule has 0 unspecified atom stereocenters. The van der Waals surface area contributed by atoms with Crippen LogP contribution in [-0.4, -0.2) is 185 Å². The maximum absolute atomic E-state index is 12.3. The summed E-state index contributed by atoms with van der Waals surface area (Å²) in [4.78, 5) is 6.63. The standard InChI is InChI=1S/C21H28N2O2S.C14H23BN2O3S.C13H21BN2O.C13H20N2O2S.C8H9Br.C2H5NO/c1-26(24,25)23(21-12-6-3-7-13-21)18-20-11-8-15-22(17-20)16-14-19-9-4-2-5-10-19;1-15(18)16-10-6-7-13(11-16)12-17(21(2,19)20)14-8-4-3-5-9-14;1-14(17)16-9-5-6-12(11-16)10-15-13-7-3-2-4-8-13;1-18(16,17)15(13-7-3-2-4-8-13)11-12-6-5-9-14-10-12;9-7-6-8-4-2-1-3-5-8;1-2-3-4/h2-7,9-10,12-13,20H,8,11,14-18H2,1H3;3-5,8-9,13,18H,6-7,10-12H2,1-2H3;2-4,7-8,12,15,17H,5-6,9-11H2,1H3;2-4,7-8,12,14H,5-6,9-11H2,1H3;1-5H,6-7H2;2,4H,1H3/b;;;;;3-2+/t20-;13-;2*12-;;/m0010../s1. The van der Waals surface area contributed by atoms with Crippen molar-refractivity contribution in [1.82, 2.24) is 19.8 Å². The van der Waals surface area contributed by atoms with Gasteiger partial charge in [0.05, 0.1) is 35.8 Å². The van der Waals surface area contributed by atoms with Crippen LogP contribution in [0.25, 0.3) is 0 Å². The molecule has 0 aliphatic carbocycles. The third-order valence-corrected chi connectivity index (χ3v) is 20.9. The van der Waals surface area contributed by atoms with Crippen molar-refractivity contribution in [3.63, 3.8) is 0 Å². The van der Waals surface area contributed by atoms with Gasteiger partial charge in [-0.25, -0.2) is 25.3 Å². The molecule has 520 valence electrons. The number of rotatable bonds is 22. The van der Waals surface area contributed by atoms with Gasteiger partial charge in [0, 0.05) is 56.5 Å². The Morgan fingerprint density at radius 2 is 0.884 bits per heavy atom. The predicted octanol–water partition coefficient (Wildman–Crippen LogP) is 11.1. The van der Waals surface area contributed by atoms with Crippen LogP contribution < -0.4 is 23.5 Å². The average molecular weight is 1430 g/mol.